The first kappa shape index (κ1) is 9.93. The highest BCUT2D eigenvalue weighted by molar-refractivity contribution is 5.16. The maximum absolute atomic E-state index is 5.77. The molecule has 2 aromatic rings. The smallest absolute Gasteiger partial charge is 0.0659 e. The Kier molecular flexibility index (Phi) is 2.83. The standard InChI is InChI=1S/C12H15N3/c1-10(13)12-7-14-15(9-12)8-11-5-3-2-4-6-11/h2-7,9-10H,8,13H2,1H3. The molecule has 78 valence electrons. The molecule has 0 spiro atoms. The summed E-state index contributed by atoms with van der Waals surface area (Å²) in [6, 6.07) is 10.3. The van der Waals surface area contributed by atoms with Gasteiger partial charge in [0.1, 0.15) is 0 Å². The van der Waals surface area contributed by atoms with E-state index in [1.54, 1.807) is 0 Å². The van der Waals surface area contributed by atoms with Crippen molar-refractivity contribution in [3.8, 4) is 0 Å². The summed E-state index contributed by atoms with van der Waals surface area (Å²) in [5, 5.41) is 4.27. The normalized spacial score (nSPS) is 12.7. The molecule has 0 aliphatic carbocycles. The monoisotopic (exact) mass is 201 g/mol. The predicted octanol–water partition coefficient (Wildman–Crippen LogP) is 1.95. The Hall–Kier alpha value is -1.61. The zero-order valence-electron chi connectivity index (χ0n) is 8.80. The molecule has 3 nitrogen and oxygen atoms in total. The largest absolute Gasteiger partial charge is 0.324 e. The second kappa shape index (κ2) is 4.28. The van der Waals surface area contributed by atoms with Crippen molar-refractivity contribution in [2.75, 3.05) is 0 Å². The third kappa shape index (κ3) is 2.44. The SMILES string of the molecule is CC(N)c1cnn(Cc2ccccc2)c1. The molecule has 1 aromatic heterocycles. The average molecular weight is 201 g/mol. The molecule has 2 N–H and O–H groups in total. The number of nitrogens with two attached hydrogens (primary N) is 1. The van der Waals surface area contributed by atoms with Gasteiger partial charge in [0.05, 0.1) is 12.7 Å². The van der Waals surface area contributed by atoms with E-state index in [0.717, 1.165) is 12.1 Å². The van der Waals surface area contributed by atoms with E-state index in [0.29, 0.717) is 0 Å². The first-order valence-corrected chi connectivity index (χ1v) is 5.07. The summed E-state index contributed by atoms with van der Waals surface area (Å²) in [5.41, 5.74) is 8.09. The maximum atomic E-state index is 5.77. The summed E-state index contributed by atoms with van der Waals surface area (Å²) in [5.74, 6) is 0. The minimum absolute atomic E-state index is 0.0505. The lowest BCUT2D eigenvalue weighted by Gasteiger charge is -2.01. The van der Waals surface area contributed by atoms with Gasteiger partial charge >= 0.3 is 0 Å². The van der Waals surface area contributed by atoms with Crippen LogP contribution in [0.4, 0.5) is 0 Å². The van der Waals surface area contributed by atoms with Crippen molar-refractivity contribution in [1.29, 1.82) is 0 Å². The molecule has 2 rings (SSSR count). The van der Waals surface area contributed by atoms with E-state index in [-0.39, 0.29) is 6.04 Å². The second-order valence-electron chi connectivity index (χ2n) is 3.75. The molecule has 1 unspecified atom stereocenters. The van der Waals surface area contributed by atoms with Crippen LogP contribution in [-0.4, -0.2) is 9.78 Å². The third-order valence-electron chi connectivity index (χ3n) is 2.37. The fraction of sp³-hybridized carbons (Fsp3) is 0.250. The molecule has 1 aromatic carbocycles. The zero-order chi connectivity index (χ0) is 10.7. The Morgan fingerprint density at radius 2 is 2.07 bits per heavy atom. The summed E-state index contributed by atoms with van der Waals surface area (Å²) in [4.78, 5) is 0. The highest BCUT2D eigenvalue weighted by Gasteiger charge is 2.02. The van der Waals surface area contributed by atoms with Crippen molar-refractivity contribution >= 4 is 0 Å². The Labute approximate surface area is 89.5 Å². The molecule has 15 heavy (non-hydrogen) atoms. The maximum Gasteiger partial charge on any atom is 0.0659 e. The minimum Gasteiger partial charge on any atom is -0.324 e. The van der Waals surface area contributed by atoms with Crippen molar-refractivity contribution in [3.05, 3.63) is 53.9 Å². The predicted molar refractivity (Wildman–Crippen MR) is 60.4 cm³/mol. The first-order valence-electron chi connectivity index (χ1n) is 5.07. The van der Waals surface area contributed by atoms with Gasteiger partial charge in [0, 0.05) is 17.8 Å². The van der Waals surface area contributed by atoms with Crippen LogP contribution in [0.1, 0.15) is 24.1 Å². The van der Waals surface area contributed by atoms with Crippen LogP contribution in [0.3, 0.4) is 0 Å². The molecule has 0 amide bonds. The van der Waals surface area contributed by atoms with Gasteiger partial charge in [-0.2, -0.15) is 5.10 Å². The van der Waals surface area contributed by atoms with Crippen molar-refractivity contribution in [2.45, 2.75) is 19.5 Å². The Bertz CT molecular complexity index is 417. The molecule has 0 fully saturated rings. The fourth-order valence-corrected chi connectivity index (χ4v) is 1.47. The number of rotatable bonds is 3. The summed E-state index contributed by atoms with van der Waals surface area (Å²) in [6.07, 6.45) is 3.82. The molecule has 1 heterocycles. The van der Waals surface area contributed by atoms with Gasteiger partial charge in [-0.1, -0.05) is 30.3 Å². The Morgan fingerprint density at radius 3 is 2.67 bits per heavy atom. The lowest BCUT2D eigenvalue weighted by Crippen LogP contribution is -2.04. The second-order valence-corrected chi connectivity index (χ2v) is 3.75. The van der Waals surface area contributed by atoms with Crippen molar-refractivity contribution < 1.29 is 0 Å². The molecular weight excluding hydrogens is 186 g/mol. The summed E-state index contributed by atoms with van der Waals surface area (Å²) < 4.78 is 1.91. The number of hydrogen-bond donors (Lipinski definition) is 1. The molecule has 0 aliphatic heterocycles. The molecule has 0 saturated carbocycles. The van der Waals surface area contributed by atoms with Crippen LogP contribution in [0.15, 0.2) is 42.7 Å². The third-order valence-corrected chi connectivity index (χ3v) is 2.37. The van der Waals surface area contributed by atoms with Crippen LogP contribution in [0.5, 0.6) is 0 Å². The lowest BCUT2D eigenvalue weighted by molar-refractivity contribution is 0.684. The highest BCUT2D eigenvalue weighted by Crippen LogP contribution is 2.09. The summed E-state index contributed by atoms with van der Waals surface area (Å²) >= 11 is 0. The number of aromatic nitrogens is 2. The Balaban J connectivity index is 2.12. The van der Waals surface area contributed by atoms with E-state index in [1.807, 2.05) is 42.2 Å². The minimum atomic E-state index is 0.0505. The van der Waals surface area contributed by atoms with Gasteiger partial charge in [0.2, 0.25) is 0 Å². The Morgan fingerprint density at radius 1 is 1.33 bits per heavy atom. The number of hydrogen-bond acceptors (Lipinski definition) is 2. The molecule has 1 atom stereocenters. The van der Waals surface area contributed by atoms with Crippen LogP contribution in [0.2, 0.25) is 0 Å². The van der Waals surface area contributed by atoms with Crippen LogP contribution in [0.25, 0.3) is 0 Å². The van der Waals surface area contributed by atoms with Crippen LogP contribution >= 0.6 is 0 Å². The average Bonchev–Trinajstić information content (AvgIpc) is 2.68. The first-order chi connectivity index (χ1) is 7.25. The summed E-state index contributed by atoms with van der Waals surface area (Å²) in [6.45, 7) is 2.76. The summed E-state index contributed by atoms with van der Waals surface area (Å²) in [7, 11) is 0. The van der Waals surface area contributed by atoms with E-state index < -0.39 is 0 Å². The highest BCUT2D eigenvalue weighted by atomic mass is 15.3. The molecule has 0 bridgehead atoms. The van der Waals surface area contributed by atoms with Gasteiger partial charge in [0.15, 0.2) is 0 Å². The number of benzene rings is 1. The van der Waals surface area contributed by atoms with Gasteiger partial charge in [-0.25, -0.2) is 0 Å². The van der Waals surface area contributed by atoms with E-state index in [9.17, 15) is 0 Å². The van der Waals surface area contributed by atoms with Gasteiger partial charge in [0.25, 0.3) is 0 Å². The lowest BCUT2D eigenvalue weighted by atomic mass is 10.2. The fourth-order valence-electron chi connectivity index (χ4n) is 1.47. The molecule has 0 aliphatic rings. The van der Waals surface area contributed by atoms with Gasteiger partial charge in [-0.3, -0.25) is 4.68 Å². The quantitative estimate of drug-likeness (QED) is 0.824. The molecule has 0 radical (unpaired) electrons. The van der Waals surface area contributed by atoms with Crippen LogP contribution < -0.4 is 5.73 Å². The van der Waals surface area contributed by atoms with Crippen LogP contribution in [-0.2, 0) is 6.54 Å². The van der Waals surface area contributed by atoms with Gasteiger partial charge in [-0.05, 0) is 12.5 Å². The van der Waals surface area contributed by atoms with Crippen molar-refractivity contribution in [1.82, 2.24) is 9.78 Å². The topological polar surface area (TPSA) is 43.8 Å². The van der Waals surface area contributed by atoms with Gasteiger partial charge in [-0.15, -0.1) is 0 Å². The van der Waals surface area contributed by atoms with E-state index >= 15 is 0 Å². The van der Waals surface area contributed by atoms with Crippen LogP contribution in [0, 0.1) is 0 Å². The van der Waals surface area contributed by atoms with E-state index in [1.165, 1.54) is 5.56 Å². The van der Waals surface area contributed by atoms with Gasteiger partial charge < -0.3 is 5.73 Å². The number of nitrogens with zero attached hydrogens (tertiary/aromatic N) is 2. The van der Waals surface area contributed by atoms with Crippen molar-refractivity contribution in [2.24, 2.45) is 5.73 Å². The zero-order valence-corrected chi connectivity index (χ0v) is 8.80. The molecule has 3 heteroatoms. The van der Waals surface area contributed by atoms with Crippen molar-refractivity contribution in [3.63, 3.8) is 0 Å². The molecule has 0 saturated heterocycles. The molecular formula is C12H15N3. The van der Waals surface area contributed by atoms with E-state index in [2.05, 4.69) is 17.2 Å². The van der Waals surface area contributed by atoms with E-state index in [4.69, 9.17) is 5.73 Å².